The highest BCUT2D eigenvalue weighted by molar-refractivity contribution is 6.04. The Balaban J connectivity index is 1.85. The molecule has 0 saturated heterocycles. The molecule has 3 aromatic rings. The lowest BCUT2D eigenvalue weighted by molar-refractivity contribution is 0.102. The van der Waals surface area contributed by atoms with Gasteiger partial charge >= 0.3 is 0 Å². The summed E-state index contributed by atoms with van der Waals surface area (Å²) in [5.74, 6) is -2.56. The van der Waals surface area contributed by atoms with Crippen LogP contribution in [0, 0.1) is 25.5 Å². The number of rotatable bonds is 3. The fraction of sp³-hybridized carbons (Fsp3) is 0.111. The Labute approximate surface area is 137 Å². The van der Waals surface area contributed by atoms with Crippen LogP contribution < -0.4 is 5.32 Å². The van der Waals surface area contributed by atoms with E-state index in [-0.39, 0.29) is 5.56 Å². The fourth-order valence-corrected chi connectivity index (χ4v) is 2.45. The highest BCUT2D eigenvalue weighted by Crippen LogP contribution is 2.18. The van der Waals surface area contributed by atoms with Crippen LogP contribution in [-0.4, -0.2) is 15.7 Å². The first-order valence-corrected chi connectivity index (χ1v) is 7.34. The highest BCUT2D eigenvalue weighted by atomic mass is 19.2. The molecule has 0 aliphatic rings. The van der Waals surface area contributed by atoms with E-state index < -0.39 is 17.5 Å². The summed E-state index contributed by atoms with van der Waals surface area (Å²) < 4.78 is 28.0. The van der Waals surface area contributed by atoms with E-state index >= 15 is 0 Å². The molecule has 0 bridgehead atoms. The van der Waals surface area contributed by atoms with Crippen LogP contribution in [0.25, 0.3) is 5.69 Å². The maximum atomic E-state index is 13.2. The molecule has 1 aromatic heterocycles. The third-order valence-corrected chi connectivity index (χ3v) is 3.54. The summed E-state index contributed by atoms with van der Waals surface area (Å²) >= 11 is 0. The number of halogens is 2. The Kier molecular flexibility index (Phi) is 4.12. The summed E-state index contributed by atoms with van der Waals surface area (Å²) in [4.78, 5) is 12.2. The summed E-state index contributed by atoms with van der Waals surface area (Å²) in [6, 6.07) is 12.1. The van der Waals surface area contributed by atoms with E-state index in [0.29, 0.717) is 5.69 Å². The second-order valence-corrected chi connectivity index (χ2v) is 5.47. The van der Waals surface area contributed by atoms with E-state index in [0.717, 1.165) is 29.2 Å². The second kappa shape index (κ2) is 6.23. The van der Waals surface area contributed by atoms with Crippen molar-refractivity contribution in [3.05, 3.63) is 77.1 Å². The molecule has 24 heavy (non-hydrogen) atoms. The van der Waals surface area contributed by atoms with Gasteiger partial charge in [0, 0.05) is 16.9 Å². The van der Waals surface area contributed by atoms with Gasteiger partial charge in [0.25, 0.3) is 5.91 Å². The van der Waals surface area contributed by atoms with Crippen LogP contribution in [0.2, 0.25) is 0 Å². The standard InChI is InChI=1S/C18H15F2N3O/c1-11-8-12(2)23(22-11)15-5-3-4-14(10-15)21-18(24)13-6-7-16(19)17(20)9-13/h3-10H,1-2H3,(H,21,24). The number of amides is 1. The van der Waals surface area contributed by atoms with Crippen LogP contribution in [0.5, 0.6) is 0 Å². The third-order valence-electron chi connectivity index (χ3n) is 3.54. The number of hydrogen-bond acceptors (Lipinski definition) is 2. The van der Waals surface area contributed by atoms with E-state index in [1.807, 2.05) is 26.0 Å². The van der Waals surface area contributed by atoms with Gasteiger partial charge in [-0.2, -0.15) is 5.10 Å². The monoisotopic (exact) mass is 327 g/mol. The van der Waals surface area contributed by atoms with Crippen molar-refractivity contribution in [3.63, 3.8) is 0 Å². The molecule has 0 atom stereocenters. The fourth-order valence-electron chi connectivity index (χ4n) is 2.45. The molecule has 0 spiro atoms. The molecule has 4 nitrogen and oxygen atoms in total. The number of hydrogen-bond donors (Lipinski definition) is 1. The van der Waals surface area contributed by atoms with Gasteiger partial charge < -0.3 is 5.32 Å². The summed E-state index contributed by atoms with van der Waals surface area (Å²) in [6.45, 7) is 3.84. The van der Waals surface area contributed by atoms with E-state index in [4.69, 9.17) is 0 Å². The number of carbonyl (C=O) groups excluding carboxylic acids is 1. The van der Waals surface area contributed by atoms with Crippen molar-refractivity contribution >= 4 is 11.6 Å². The smallest absolute Gasteiger partial charge is 0.255 e. The van der Waals surface area contributed by atoms with Gasteiger partial charge in [0.05, 0.1) is 11.4 Å². The predicted molar refractivity (Wildman–Crippen MR) is 87.3 cm³/mol. The van der Waals surface area contributed by atoms with Crippen molar-refractivity contribution in [1.29, 1.82) is 0 Å². The predicted octanol–water partition coefficient (Wildman–Crippen LogP) is 4.02. The Morgan fingerprint density at radius 3 is 2.50 bits per heavy atom. The Hall–Kier alpha value is -3.02. The van der Waals surface area contributed by atoms with Gasteiger partial charge in [-0.25, -0.2) is 13.5 Å². The molecule has 122 valence electrons. The minimum absolute atomic E-state index is 0.0467. The van der Waals surface area contributed by atoms with Gasteiger partial charge in [0.2, 0.25) is 0 Å². The average Bonchev–Trinajstić information content (AvgIpc) is 2.89. The number of carbonyl (C=O) groups is 1. The molecule has 1 N–H and O–H groups in total. The molecule has 0 unspecified atom stereocenters. The number of anilines is 1. The van der Waals surface area contributed by atoms with Crippen molar-refractivity contribution in [2.75, 3.05) is 5.32 Å². The van der Waals surface area contributed by atoms with Crippen LogP contribution in [0.1, 0.15) is 21.7 Å². The van der Waals surface area contributed by atoms with E-state index in [1.165, 1.54) is 6.07 Å². The second-order valence-electron chi connectivity index (χ2n) is 5.47. The molecule has 0 aliphatic carbocycles. The van der Waals surface area contributed by atoms with Crippen LogP contribution in [0.3, 0.4) is 0 Å². The van der Waals surface area contributed by atoms with Crippen molar-refractivity contribution in [1.82, 2.24) is 9.78 Å². The van der Waals surface area contributed by atoms with Crippen molar-refractivity contribution < 1.29 is 13.6 Å². The lowest BCUT2D eigenvalue weighted by Crippen LogP contribution is -2.12. The van der Waals surface area contributed by atoms with Crippen LogP contribution in [0.4, 0.5) is 14.5 Å². The van der Waals surface area contributed by atoms with E-state index in [9.17, 15) is 13.6 Å². The van der Waals surface area contributed by atoms with Crippen molar-refractivity contribution in [3.8, 4) is 5.69 Å². The molecule has 0 aliphatic heterocycles. The van der Waals surface area contributed by atoms with Gasteiger partial charge in [-0.05, 0) is 56.3 Å². The Bertz CT molecular complexity index is 918. The van der Waals surface area contributed by atoms with Crippen molar-refractivity contribution in [2.45, 2.75) is 13.8 Å². The lowest BCUT2D eigenvalue weighted by atomic mass is 10.2. The molecule has 0 saturated carbocycles. The first kappa shape index (κ1) is 15.9. The van der Waals surface area contributed by atoms with Gasteiger partial charge in [-0.15, -0.1) is 0 Å². The number of aromatic nitrogens is 2. The molecule has 0 radical (unpaired) electrons. The van der Waals surface area contributed by atoms with E-state index in [1.54, 1.807) is 22.9 Å². The molecule has 2 aromatic carbocycles. The third kappa shape index (κ3) is 3.17. The molecule has 0 fully saturated rings. The Morgan fingerprint density at radius 1 is 1.04 bits per heavy atom. The molecular weight excluding hydrogens is 312 g/mol. The number of nitrogens with one attached hydrogen (secondary N) is 1. The normalized spacial score (nSPS) is 10.7. The lowest BCUT2D eigenvalue weighted by Gasteiger charge is -2.09. The zero-order valence-corrected chi connectivity index (χ0v) is 13.2. The summed E-state index contributed by atoms with van der Waals surface area (Å²) in [5.41, 5.74) is 3.24. The minimum atomic E-state index is -1.06. The molecule has 3 rings (SSSR count). The maximum Gasteiger partial charge on any atom is 0.255 e. The largest absolute Gasteiger partial charge is 0.322 e. The Morgan fingerprint density at radius 2 is 1.83 bits per heavy atom. The number of benzene rings is 2. The number of nitrogens with zero attached hydrogens (tertiary/aromatic N) is 2. The zero-order valence-electron chi connectivity index (χ0n) is 13.2. The van der Waals surface area contributed by atoms with Crippen LogP contribution in [0.15, 0.2) is 48.5 Å². The summed E-state index contributed by atoms with van der Waals surface area (Å²) in [7, 11) is 0. The molecule has 1 heterocycles. The minimum Gasteiger partial charge on any atom is -0.322 e. The first-order chi connectivity index (χ1) is 11.4. The van der Waals surface area contributed by atoms with E-state index in [2.05, 4.69) is 10.4 Å². The summed E-state index contributed by atoms with van der Waals surface area (Å²) in [5, 5.41) is 7.07. The summed E-state index contributed by atoms with van der Waals surface area (Å²) in [6.07, 6.45) is 0. The van der Waals surface area contributed by atoms with Gasteiger partial charge in [-0.1, -0.05) is 6.07 Å². The number of aryl methyl sites for hydroxylation is 2. The molecule has 1 amide bonds. The molecule has 6 heteroatoms. The maximum absolute atomic E-state index is 13.2. The zero-order chi connectivity index (χ0) is 17.3. The topological polar surface area (TPSA) is 46.9 Å². The van der Waals surface area contributed by atoms with Crippen molar-refractivity contribution in [2.24, 2.45) is 0 Å². The van der Waals surface area contributed by atoms with Crippen LogP contribution in [-0.2, 0) is 0 Å². The van der Waals surface area contributed by atoms with Gasteiger partial charge in [0.1, 0.15) is 0 Å². The first-order valence-electron chi connectivity index (χ1n) is 7.34. The SMILES string of the molecule is Cc1cc(C)n(-c2cccc(NC(=O)c3ccc(F)c(F)c3)c2)n1. The highest BCUT2D eigenvalue weighted by Gasteiger charge is 2.11. The average molecular weight is 327 g/mol. The molecular formula is C18H15F2N3O. The van der Waals surface area contributed by atoms with Gasteiger partial charge in [0.15, 0.2) is 11.6 Å². The quantitative estimate of drug-likeness (QED) is 0.790. The van der Waals surface area contributed by atoms with Crippen LogP contribution >= 0.6 is 0 Å². The van der Waals surface area contributed by atoms with Gasteiger partial charge in [-0.3, -0.25) is 4.79 Å².